The molecular weight excluding hydrogens is 477 g/mol. The molecule has 170 valence electrons. The third kappa shape index (κ3) is 5.14. The number of hydrogen-bond donors (Lipinski definition) is 3. The fourth-order valence-corrected chi connectivity index (χ4v) is 3.71. The highest BCUT2D eigenvalue weighted by molar-refractivity contribution is 6.36. The maximum absolute atomic E-state index is 13.1. The van der Waals surface area contributed by atoms with Gasteiger partial charge in [0.1, 0.15) is 5.69 Å². The molecule has 4 rings (SSSR count). The minimum atomic E-state index is -1.26. The number of hydrogen-bond acceptors (Lipinski definition) is 5. The van der Waals surface area contributed by atoms with Crippen molar-refractivity contribution >= 4 is 52.0 Å². The summed E-state index contributed by atoms with van der Waals surface area (Å²) < 4.78 is 0. The van der Waals surface area contributed by atoms with Crippen LogP contribution in [0.4, 0.5) is 0 Å². The maximum atomic E-state index is 13.1. The Balaban J connectivity index is 1.67. The lowest BCUT2D eigenvalue weighted by Crippen LogP contribution is -2.40. The lowest BCUT2D eigenvalue weighted by atomic mass is 10.0. The summed E-state index contributed by atoms with van der Waals surface area (Å²) in [6.07, 6.45) is 1.35. The average Bonchev–Trinajstić information content (AvgIpc) is 2.85. The van der Waals surface area contributed by atoms with E-state index in [1.165, 1.54) is 6.21 Å². The number of carbonyl (C=O) groups is 2. The standard InChI is InChI=1S/C24H17Cl2N5O3/c25-16-11-10-15(19(26)12-16)13-27-30-24(34)21(28-22(32)14-6-2-1-3-7-14)20-17-8-4-5-9-18(17)23(33)31-29-20/h1-13,21H,(H,28,32)(H,30,34)(H,31,33)/b27-13+/t21-/m1/s1. The normalized spacial score (nSPS) is 11.9. The maximum Gasteiger partial charge on any atom is 0.272 e. The van der Waals surface area contributed by atoms with Crippen LogP contribution in [0.3, 0.4) is 0 Å². The molecule has 1 atom stereocenters. The highest BCUT2D eigenvalue weighted by Gasteiger charge is 2.27. The molecule has 1 aromatic heterocycles. The number of nitrogens with one attached hydrogen (secondary N) is 3. The molecule has 0 bridgehead atoms. The number of aromatic amines is 1. The van der Waals surface area contributed by atoms with Crippen molar-refractivity contribution in [3.8, 4) is 0 Å². The molecule has 0 aliphatic rings. The molecule has 4 aromatic rings. The molecule has 34 heavy (non-hydrogen) atoms. The lowest BCUT2D eigenvalue weighted by Gasteiger charge is -2.18. The minimum absolute atomic E-state index is 0.164. The van der Waals surface area contributed by atoms with Gasteiger partial charge in [0.05, 0.1) is 16.6 Å². The van der Waals surface area contributed by atoms with Gasteiger partial charge in [-0.3, -0.25) is 14.4 Å². The van der Waals surface area contributed by atoms with E-state index in [9.17, 15) is 14.4 Å². The number of aromatic nitrogens is 2. The van der Waals surface area contributed by atoms with Gasteiger partial charge in [-0.1, -0.05) is 65.7 Å². The van der Waals surface area contributed by atoms with Crippen LogP contribution < -0.4 is 16.3 Å². The van der Waals surface area contributed by atoms with Gasteiger partial charge in [-0.2, -0.15) is 10.2 Å². The third-order valence-electron chi connectivity index (χ3n) is 4.91. The molecule has 0 unspecified atom stereocenters. The van der Waals surface area contributed by atoms with Gasteiger partial charge in [0.25, 0.3) is 17.4 Å². The molecule has 0 aliphatic carbocycles. The molecule has 0 radical (unpaired) electrons. The van der Waals surface area contributed by atoms with Gasteiger partial charge in [0, 0.05) is 21.5 Å². The number of hydrazone groups is 1. The fourth-order valence-electron chi connectivity index (χ4n) is 3.25. The van der Waals surface area contributed by atoms with Gasteiger partial charge >= 0.3 is 0 Å². The molecular formula is C24H17Cl2N5O3. The molecule has 2 amide bonds. The van der Waals surface area contributed by atoms with Crippen molar-refractivity contribution in [2.45, 2.75) is 6.04 Å². The predicted molar refractivity (Wildman–Crippen MR) is 131 cm³/mol. The Morgan fingerprint density at radius 3 is 2.41 bits per heavy atom. The average molecular weight is 494 g/mol. The second-order valence-corrected chi connectivity index (χ2v) is 8.00. The Morgan fingerprint density at radius 1 is 0.971 bits per heavy atom. The highest BCUT2D eigenvalue weighted by atomic mass is 35.5. The number of H-pyrrole nitrogens is 1. The van der Waals surface area contributed by atoms with Gasteiger partial charge in [-0.15, -0.1) is 0 Å². The first kappa shape index (κ1) is 23.2. The number of carbonyl (C=O) groups excluding carboxylic acids is 2. The summed E-state index contributed by atoms with van der Waals surface area (Å²) in [5.41, 5.74) is 3.03. The number of benzene rings is 3. The quantitative estimate of drug-likeness (QED) is 0.279. The van der Waals surface area contributed by atoms with Crippen molar-refractivity contribution in [2.75, 3.05) is 0 Å². The predicted octanol–water partition coefficient (Wildman–Crippen LogP) is 3.85. The summed E-state index contributed by atoms with van der Waals surface area (Å²) in [6, 6.07) is 18.6. The summed E-state index contributed by atoms with van der Waals surface area (Å²) in [6.45, 7) is 0. The second-order valence-electron chi connectivity index (χ2n) is 7.16. The zero-order chi connectivity index (χ0) is 24.1. The van der Waals surface area contributed by atoms with E-state index in [-0.39, 0.29) is 5.69 Å². The number of halogens is 2. The van der Waals surface area contributed by atoms with Crippen LogP contribution in [0.15, 0.2) is 82.7 Å². The molecule has 3 aromatic carbocycles. The number of nitrogens with zero attached hydrogens (tertiary/aromatic N) is 2. The van der Waals surface area contributed by atoms with Crippen molar-refractivity contribution < 1.29 is 9.59 Å². The van der Waals surface area contributed by atoms with E-state index in [2.05, 4.69) is 26.0 Å². The second kappa shape index (κ2) is 10.3. The van der Waals surface area contributed by atoms with Crippen molar-refractivity contribution in [3.05, 3.63) is 110 Å². The van der Waals surface area contributed by atoms with Gasteiger partial charge in [0.2, 0.25) is 0 Å². The van der Waals surface area contributed by atoms with Gasteiger partial charge < -0.3 is 5.32 Å². The zero-order valence-electron chi connectivity index (χ0n) is 17.5. The molecule has 0 spiro atoms. The Kier molecular flexibility index (Phi) is 7.01. The van der Waals surface area contributed by atoms with Crippen LogP contribution in [0.1, 0.15) is 27.7 Å². The Bertz CT molecular complexity index is 1450. The largest absolute Gasteiger partial charge is 0.335 e. The fraction of sp³-hybridized carbons (Fsp3) is 0.0417. The van der Waals surface area contributed by atoms with Crippen LogP contribution in [0, 0.1) is 0 Å². The molecule has 0 fully saturated rings. The van der Waals surface area contributed by atoms with E-state index >= 15 is 0 Å². The van der Waals surface area contributed by atoms with Crippen molar-refractivity contribution in [1.82, 2.24) is 20.9 Å². The molecule has 0 saturated heterocycles. The summed E-state index contributed by atoms with van der Waals surface area (Å²) in [4.78, 5) is 38.2. The minimum Gasteiger partial charge on any atom is -0.335 e. The molecule has 3 N–H and O–H groups in total. The first-order valence-electron chi connectivity index (χ1n) is 10.1. The van der Waals surface area contributed by atoms with Crippen molar-refractivity contribution in [1.29, 1.82) is 0 Å². The number of amides is 2. The smallest absolute Gasteiger partial charge is 0.272 e. The first-order valence-corrected chi connectivity index (χ1v) is 10.8. The summed E-state index contributed by atoms with van der Waals surface area (Å²) in [7, 11) is 0. The van der Waals surface area contributed by atoms with E-state index < -0.39 is 23.4 Å². The molecule has 0 saturated carbocycles. The van der Waals surface area contributed by atoms with Crippen LogP contribution in [0.2, 0.25) is 10.0 Å². The van der Waals surface area contributed by atoms with Crippen LogP contribution in [-0.4, -0.2) is 28.2 Å². The van der Waals surface area contributed by atoms with Crippen LogP contribution >= 0.6 is 23.2 Å². The third-order valence-corrected chi connectivity index (χ3v) is 5.48. The van der Waals surface area contributed by atoms with Crippen LogP contribution in [0.25, 0.3) is 10.8 Å². The first-order chi connectivity index (χ1) is 16.4. The zero-order valence-corrected chi connectivity index (χ0v) is 19.0. The highest BCUT2D eigenvalue weighted by Crippen LogP contribution is 2.21. The van der Waals surface area contributed by atoms with E-state index in [0.29, 0.717) is 31.9 Å². The van der Waals surface area contributed by atoms with Crippen molar-refractivity contribution in [3.63, 3.8) is 0 Å². The topological polar surface area (TPSA) is 116 Å². The summed E-state index contributed by atoms with van der Waals surface area (Å²) >= 11 is 12.0. The number of fused-ring (bicyclic) bond motifs is 1. The number of rotatable bonds is 6. The summed E-state index contributed by atoms with van der Waals surface area (Å²) in [5, 5.41) is 14.6. The van der Waals surface area contributed by atoms with Crippen molar-refractivity contribution in [2.24, 2.45) is 5.10 Å². The Morgan fingerprint density at radius 2 is 1.68 bits per heavy atom. The van der Waals surface area contributed by atoms with E-state index in [1.54, 1.807) is 72.8 Å². The SMILES string of the molecule is O=C(N[C@@H](C(=O)N/N=C/c1ccc(Cl)cc1Cl)c1n[nH]c(=O)c2ccccc12)c1ccccc1. The van der Waals surface area contributed by atoms with E-state index in [1.807, 2.05) is 0 Å². The Labute approximate surface area is 203 Å². The monoisotopic (exact) mass is 493 g/mol. The van der Waals surface area contributed by atoms with Crippen LogP contribution in [-0.2, 0) is 4.79 Å². The van der Waals surface area contributed by atoms with Gasteiger partial charge in [0.15, 0.2) is 6.04 Å². The van der Waals surface area contributed by atoms with Gasteiger partial charge in [-0.25, -0.2) is 10.5 Å². The summed E-state index contributed by atoms with van der Waals surface area (Å²) in [5.74, 6) is -1.17. The lowest BCUT2D eigenvalue weighted by molar-refractivity contribution is -0.123. The van der Waals surface area contributed by atoms with Gasteiger partial charge in [-0.05, 0) is 30.3 Å². The molecule has 8 nitrogen and oxygen atoms in total. The van der Waals surface area contributed by atoms with E-state index in [4.69, 9.17) is 23.2 Å². The molecule has 0 aliphatic heterocycles. The van der Waals surface area contributed by atoms with E-state index in [0.717, 1.165) is 0 Å². The molecule has 10 heteroatoms. The van der Waals surface area contributed by atoms with Crippen LogP contribution in [0.5, 0.6) is 0 Å². The Hall–Kier alpha value is -4.01. The molecule has 1 heterocycles.